The molecule has 0 aliphatic carbocycles. The Hall–Kier alpha value is -3.03. The number of carboxylic acid groups (broad SMARTS) is 1. The average molecular weight is 494 g/mol. The van der Waals surface area contributed by atoms with Crippen LogP contribution in [0.4, 0.5) is 22.8 Å². The van der Waals surface area contributed by atoms with Crippen LogP contribution < -0.4 is 17.0 Å². The smallest absolute Gasteiger partial charge is 0.426 e. The Morgan fingerprint density at radius 1 is 1.15 bits per heavy atom. The minimum Gasteiger partial charge on any atom is -0.464 e. The average Bonchev–Trinajstić information content (AvgIpc) is 2.95. The molecule has 0 saturated carbocycles. The Labute approximate surface area is 190 Å². The van der Waals surface area contributed by atoms with E-state index in [-0.39, 0.29) is 23.3 Å². The number of alkyl halides is 3. The van der Waals surface area contributed by atoms with Gasteiger partial charge in [-0.2, -0.15) is 13.2 Å². The zero-order valence-corrected chi connectivity index (χ0v) is 19.6. The van der Waals surface area contributed by atoms with Crippen LogP contribution in [0.3, 0.4) is 0 Å². The van der Waals surface area contributed by atoms with E-state index in [1.807, 2.05) is 0 Å². The quantitative estimate of drug-likeness (QED) is 0.618. The first kappa shape index (κ1) is 26.2. The van der Waals surface area contributed by atoms with E-state index in [0.29, 0.717) is 10.4 Å². The molecule has 3 N–H and O–H groups in total. The molecule has 0 radical (unpaired) electrons. The number of aromatic nitrogens is 2. The van der Waals surface area contributed by atoms with Crippen molar-refractivity contribution in [2.45, 2.75) is 72.4 Å². The number of carbonyl (C=O) groups is 2. The van der Waals surface area contributed by atoms with Crippen LogP contribution in [-0.2, 0) is 19.6 Å². The Morgan fingerprint density at radius 2 is 1.73 bits per heavy atom. The van der Waals surface area contributed by atoms with Gasteiger partial charge in [-0.1, -0.05) is 0 Å². The number of primary amides is 1. The molecule has 0 unspecified atom stereocenters. The Kier molecular flexibility index (Phi) is 7.21. The standard InChI is InChI=1S/C19H26F3N5O5S/c1-6-24-13(28)12-10(2)11(9-26(15(23)29)27(17(31)32)18(3,4)5)33-14(12)25(16(24)30)8-7-19(20,21)22/h6-9H2,1-5H3,(H2,23,29)(H,31,32). The van der Waals surface area contributed by atoms with Gasteiger partial charge in [0, 0.05) is 18.0 Å². The van der Waals surface area contributed by atoms with Gasteiger partial charge in [-0.25, -0.2) is 24.4 Å². The third-order valence-electron chi connectivity index (χ3n) is 4.93. The van der Waals surface area contributed by atoms with Crippen molar-refractivity contribution in [1.82, 2.24) is 19.2 Å². The summed E-state index contributed by atoms with van der Waals surface area (Å²) >= 11 is 0.847. The van der Waals surface area contributed by atoms with Crippen LogP contribution in [0.2, 0.25) is 0 Å². The summed E-state index contributed by atoms with van der Waals surface area (Å²) in [5, 5.41) is 11.2. The molecular weight excluding hydrogens is 467 g/mol. The number of fused-ring (bicyclic) bond motifs is 1. The number of carbonyl (C=O) groups excluding carboxylic acids is 1. The normalized spacial score (nSPS) is 12.2. The third kappa shape index (κ3) is 5.31. The number of aryl methyl sites for hydroxylation is 2. The second kappa shape index (κ2) is 9.08. The number of nitrogens with zero attached hydrogens (tertiary/aromatic N) is 4. The highest BCUT2D eigenvalue weighted by Gasteiger charge is 2.35. The van der Waals surface area contributed by atoms with Crippen molar-refractivity contribution in [3.63, 3.8) is 0 Å². The number of urea groups is 1. The predicted molar refractivity (Wildman–Crippen MR) is 116 cm³/mol. The van der Waals surface area contributed by atoms with Gasteiger partial charge >= 0.3 is 24.0 Å². The van der Waals surface area contributed by atoms with Gasteiger partial charge in [-0.3, -0.25) is 13.9 Å². The fraction of sp³-hybridized carbons (Fsp3) is 0.579. The molecule has 0 aliphatic heterocycles. The van der Waals surface area contributed by atoms with E-state index < -0.39 is 48.1 Å². The van der Waals surface area contributed by atoms with Crippen LogP contribution in [0.15, 0.2) is 9.59 Å². The SMILES string of the molecule is CCn1c(=O)c2c(C)c(CN(C(N)=O)N(C(=O)O)C(C)(C)C)sc2n(CCC(F)(F)F)c1=O. The Bertz CT molecular complexity index is 1190. The maximum Gasteiger partial charge on any atom is 0.426 e. The molecule has 2 heterocycles. The van der Waals surface area contributed by atoms with E-state index in [0.717, 1.165) is 30.5 Å². The molecule has 0 fully saturated rings. The van der Waals surface area contributed by atoms with Gasteiger partial charge in [0.1, 0.15) is 4.83 Å². The highest BCUT2D eigenvalue weighted by molar-refractivity contribution is 7.18. The van der Waals surface area contributed by atoms with Crippen molar-refractivity contribution in [1.29, 1.82) is 0 Å². The van der Waals surface area contributed by atoms with Gasteiger partial charge in [-0.05, 0) is 40.2 Å². The molecule has 0 aliphatic rings. The number of hydrogen-bond donors (Lipinski definition) is 2. The highest BCUT2D eigenvalue weighted by Crippen LogP contribution is 2.31. The number of thiophene rings is 1. The van der Waals surface area contributed by atoms with E-state index in [2.05, 4.69) is 0 Å². The summed E-state index contributed by atoms with van der Waals surface area (Å²) in [5.74, 6) is 0. The number of halogens is 3. The van der Waals surface area contributed by atoms with Crippen LogP contribution in [-0.4, -0.2) is 48.1 Å². The molecule has 3 amide bonds. The first-order valence-corrected chi connectivity index (χ1v) is 10.7. The molecule has 10 nitrogen and oxygen atoms in total. The van der Waals surface area contributed by atoms with Crippen molar-refractivity contribution in [3.05, 3.63) is 31.3 Å². The number of rotatable bonds is 5. The van der Waals surface area contributed by atoms with Crippen molar-refractivity contribution < 1.29 is 27.9 Å². The summed E-state index contributed by atoms with van der Waals surface area (Å²) in [4.78, 5) is 49.9. The molecule has 0 spiro atoms. The largest absolute Gasteiger partial charge is 0.464 e. The molecule has 33 heavy (non-hydrogen) atoms. The van der Waals surface area contributed by atoms with Crippen molar-refractivity contribution in [2.75, 3.05) is 0 Å². The lowest BCUT2D eigenvalue weighted by molar-refractivity contribution is -0.136. The maximum absolute atomic E-state index is 12.9. The summed E-state index contributed by atoms with van der Waals surface area (Å²) in [6.45, 7) is 6.58. The molecule has 0 bridgehead atoms. The number of amides is 3. The first-order valence-electron chi connectivity index (χ1n) is 9.93. The number of hydrazine groups is 1. The molecule has 2 aromatic heterocycles. The molecular formula is C19H26F3N5O5S. The summed E-state index contributed by atoms with van der Waals surface area (Å²) in [6.07, 6.45) is -7.25. The van der Waals surface area contributed by atoms with Gasteiger partial charge in [0.05, 0.1) is 23.9 Å². The van der Waals surface area contributed by atoms with Crippen LogP contribution in [0.5, 0.6) is 0 Å². The molecule has 184 valence electrons. The van der Waals surface area contributed by atoms with Crippen LogP contribution in [0.25, 0.3) is 10.2 Å². The molecule has 2 rings (SSSR count). The zero-order valence-electron chi connectivity index (χ0n) is 18.8. The zero-order chi connectivity index (χ0) is 25.5. The number of nitrogens with two attached hydrogens (primary N) is 1. The molecule has 0 atom stereocenters. The highest BCUT2D eigenvalue weighted by atomic mass is 32.1. The van der Waals surface area contributed by atoms with Gasteiger partial charge < -0.3 is 10.8 Å². The van der Waals surface area contributed by atoms with Gasteiger partial charge in [-0.15, -0.1) is 11.3 Å². The summed E-state index contributed by atoms with van der Waals surface area (Å²) in [6, 6.07) is -1.08. The van der Waals surface area contributed by atoms with Crippen LogP contribution in [0, 0.1) is 6.92 Å². The molecule has 0 aromatic carbocycles. The molecule has 0 saturated heterocycles. The first-order chi connectivity index (χ1) is 15.0. The van der Waals surface area contributed by atoms with E-state index >= 15 is 0 Å². The van der Waals surface area contributed by atoms with Gasteiger partial charge in [0.15, 0.2) is 0 Å². The fourth-order valence-electron chi connectivity index (χ4n) is 3.44. The Balaban J connectivity index is 2.74. The fourth-order valence-corrected chi connectivity index (χ4v) is 4.74. The minimum atomic E-state index is -4.52. The minimum absolute atomic E-state index is 0.0218. The lowest BCUT2D eigenvalue weighted by Gasteiger charge is -2.40. The Morgan fingerprint density at radius 3 is 2.15 bits per heavy atom. The monoisotopic (exact) mass is 493 g/mol. The lowest BCUT2D eigenvalue weighted by Crippen LogP contribution is -2.58. The van der Waals surface area contributed by atoms with E-state index in [1.165, 1.54) is 13.8 Å². The lowest BCUT2D eigenvalue weighted by atomic mass is 10.1. The van der Waals surface area contributed by atoms with Gasteiger partial charge in [0.2, 0.25) is 0 Å². The van der Waals surface area contributed by atoms with Crippen molar-refractivity contribution >= 4 is 33.7 Å². The van der Waals surface area contributed by atoms with Crippen molar-refractivity contribution in [3.8, 4) is 0 Å². The van der Waals surface area contributed by atoms with Crippen LogP contribution >= 0.6 is 11.3 Å². The second-order valence-electron chi connectivity index (χ2n) is 8.34. The number of hydrogen-bond acceptors (Lipinski definition) is 5. The predicted octanol–water partition coefficient (Wildman–Crippen LogP) is 3.08. The maximum atomic E-state index is 12.9. The van der Waals surface area contributed by atoms with E-state index in [4.69, 9.17) is 5.73 Å². The second-order valence-corrected chi connectivity index (χ2v) is 9.42. The summed E-state index contributed by atoms with van der Waals surface area (Å²) in [7, 11) is 0. The topological polar surface area (TPSA) is 131 Å². The molecule has 2 aromatic rings. The third-order valence-corrected chi connectivity index (χ3v) is 6.23. The van der Waals surface area contributed by atoms with E-state index in [1.54, 1.807) is 20.8 Å². The van der Waals surface area contributed by atoms with E-state index in [9.17, 15) is 37.5 Å². The summed E-state index contributed by atoms with van der Waals surface area (Å²) in [5.41, 5.74) is 3.15. The summed E-state index contributed by atoms with van der Waals surface area (Å²) < 4.78 is 40.3. The van der Waals surface area contributed by atoms with Crippen LogP contribution in [0.1, 0.15) is 44.6 Å². The van der Waals surface area contributed by atoms with Gasteiger partial charge in [0.25, 0.3) is 5.56 Å². The van der Waals surface area contributed by atoms with Crippen molar-refractivity contribution in [2.24, 2.45) is 5.73 Å². The molecule has 14 heteroatoms.